The molecule has 0 aliphatic carbocycles. The van der Waals surface area contributed by atoms with Crippen molar-refractivity contribution in [1.82, 2.24) is 15.0 Å². The van der Waals surface area contributed by atoms with Crippen molar-refractivity contribution in [3.8, 4) is 0 Å². The van der Waals surface area contributed by atoms with E-state index in [-0.39, 0.29) is 5.92 Å². The van der Waals surface area contributed by atoms with Crippen molar-refractivity contribution in [3.63, 3.8) is 0 Å². The Balaban J connectivity index is 2.11. The molecule has 0 saturated heterocycles. The fraction of sp³-hybridized carbons (Fsp3) is 0.214. The molecule has 3 heteroatoms. The molecule has 0 amide bonds. The van der Waals surface area contributed by atoms with Gasteiger partial charge in [-0.1, -0.05) is 13.0 Å². The van der Waals surface area contributed by atoms with Crippen LogP contribution in [0, 0.1) is 0 Å². The molecule has 0 fully saturated rings. The monoisotopic (exact) mass is 225 g/mol. The summed E-state index contributed by atoms with van der Waals surface area (Å²) >= 11 is 0. The van der Waals surface area contributed by atoms with Crippen LogP contribution in [0.4, 0.5) is 0 Å². The van der Waals surface area contributed by atoms with E-state index in [1.807, 2.05) is 30.6 Å². The van der Waals surface area contributed by atoms with Crippen LogP contribution < -0.4 is 0 Å². The highest BCUT2D eigenvalue weighted by Gasteiger charge is 2.03. The Hall–Kier alpha value is -2.03. The smallest absolute Gasteiger partial charge is 0.0652 e. The summed E-state index contributed by atoms with van der Waals surface area (Å²) in [7, 11) is 0. The minimum absolute atomic E-state index is 0.248. The lowest BCUT2D eigenvalue weighted by molar-refractivity contribution is 0.873. The minimum Gasteiger partial charge on any atom is -0.265 e. The standard InChI is InChI=1S/C14H15N3/c1-3-11(2)14-10-16-13(9-17-14)8-12-4-6-15-7-5-12/h3-7,9-11H,1,8H2,2H3. The highest BCUT2D eigenvalue weighted by Crippen LogP contribution is 2.12. The summed E-state index contributed by atoms with van der Waals surface area (Å²) in [6.45, 7) is 5.81. The van der Waals surface area contributed by atoms with Gasteiger partial charge in [-0.2, -0.15) is 0 Å². The highest BCUT2D eigenvalue weighted by atomic mass is 14.8. The Kier molecular flexibility index (Phi) is 3.60. The molecule has 0 bridgehead atoms. The maximum absolute atomic E-state index is 4.41. The number of pyridine rings is 1. The highest BCUT2D eigenvalue weighted by molar-refractivity contribution is 5.19. The number of aromatic nitrogens is 3. The van der Waals surface area contributed by atoms with Crippen LogP contribution in [-0.4, -0.2) is 15.0 Å². The van der Waals surface area contributed by atoms with Crippen molar-refractivity contribution < 1.29 is 0 Å². The lowest BCUT2D eigenvalue weighted by atomic mass is 10.1. The minimum atomic E-state index is 0.248. The number of hydrogen-bond donors (Lipinski definition) is 0. The van der Waals surface area contributed by atoms with Gasteiger partial charge in [0.25, 0.3) is 0 Å². The molecule has 0 aromatic carbocycles. The molecule has 86 valence electrons. The molecule has 3 nitrogen and oxygen atoms in total. The lowest BCUT2D eigenvalue weighted by Gasteiger charge is -2.05. The van der Waals surface area contributed by atoms with Gasteiger partial charge < -0.3 is 0 Å². The van der Waals surface area contributed by atoms with Crippen molar-refractivity contribution in [3.05, 3.63) is 66.5 Å². The van der Waals surface area contributed by atoms with Gasteiger partial charge >= 0.3 is 0 Å². The molecule has 0 N–H and O–H groups in total. The average molecular weight is 225 g/mol. The molecule has 2 heterocycles. The molecular weight excluding hydrogens is 210 g/mol. The molecule has 0 saturated carbocycles. The molecule has 17 heavy (non-hydrogen) atoms. The van der Waals surface area contributed by atoms with E-state index in [2.05, 4.69) is 28.5 Å². The van der Waals surface area contributed by atoms with Gasteiger partial charge in [0.1, 0.15) is 0 Å². The van der Waals surface area contributed by atoms with Crippen LogP contribution in [0.3, 0.4) is 0 Å². The van der Waals surface area contributed by atoms with E-state index in [0.717, 1.165) is 17.8 Å². The summed E-state index contributed by atoms with van der Waals surface area (Å²) in [5.41, 5.74) is 3.12. The molecule has 0 aliphatic heterocycles. The molecule has 0 spiro atoms. The van der Waals surface area contributed by atoms with Gasteiger partial charge in [-0.3, -0.25) is 15.0 Å². The van der Waals surface area contributed by atoms with Crippen LogP contribution in [0.15, 0.2) is 49.6 Å². The first-order valence-corrected chi connectivity index (χ1v) is 5.62. The lowest BCUT2D eigenvalue weighted by Crippen LogP contribution is -1.99. The normalized spacial score (nSPS) is 12.1. The van der Waals surface area contributed by atoms with Crippen LogP contribution in [0.1, 0.15) is 29.8 Å². The Labute approximate surface area is 101 Å². The fourth-order valence-corrected chi connectivity index (χ4v) is 1.52. The topological polar surface area (TPSA) is 38.7 Å². The Bertz CT molecular complexity index is 477. The van der Waals surface area contributed by atoms with Crippen LogP contribution in [0.2, 0.25) is 0 Å². The molecule has 1 atom stereocenters. The maximum Gasteiger partial charge on any atom is 0.0652 e. The summed E-state index contributed by atoms with van der Waals surface area (Å²) < 4.78 is 0. The first kappa shape index (κ1) is 11.5. The third-order valence-corrected chi connectivity index (χ3v) is 2.68. The van der Waals surface area contributed by atoms with Gasteiger partial charge in [-0.05, 0) is 17.7 Å². The SMILES string of the molecule is C=CC(C)c1cnc(Cc2ccncc2)cn1. The van der Waals surface area contributed by atoms with Crippen LogP contribution in [-0.2, 0) is 6.42 Å². The Morgan fingerprint density at radius 2 is 2.00 bits per heavy atom. The third kappa shape index (κ3) is 2.97. The van der Waals surface area contributed by atoms with Crippen LogP contribution in [0.5, 0.6) is 0 Å². The molecule has 2 aromatic rings. The van der Waals surface area contributed by atoms with Gasteiger partial charge in [0.15, 0.2) is 0 Å². The largest absolute Gasteiger partial charge is 0.265 e. The summed E-state index contributed by atoms with van der Waals surface area (Å²) in [6, 6.07) is 3.98. The third-order valence-electron chi connectivity index (χ3n) is 2.68. The second-order valence-electron chi connectivity index (χ2n) is 3.99. The van der Waals surface area contributed by atoms with Crippen molar-refractivity contribution >= 4 is 0 Å². The second kappa shape index (κ2) is 5.34. The van der Waals surface area contributed by atoms with Crippen molar-refractivity contribution in [1.29, 1.82) is 0 Å². The zero-order valence-electron chi connectivity index (χ0n) is 9.87. The quantitative estimate of drug-likeness (QED) is 0.751. The first-order valence-electron chi connectivity index (χ1n) is 5.62. The number of hydrogen-bond acceptors (Lipinski definition) is 3. The molecule has 0 aliphatic rings. The predicted molar refractivity (Wildman–Crippen MR) is 67.7 cm³/mol. The van der Waals surface area contributed by atoms with Crippen LogP contribution in [0.25, 0.3) is 0 Å². The molecule has 0 radical (unpaired) electrons. The summed E-state index contributed by atoms with van der Waals surface area (Å²) in [5, 5.41) is 0. The Morgan fingerprint density at radius 1 is 1.24 bits per heavy atom. The van der Waals surface area contributed by atoms with E-state index in [0.29, 0.717) is 0 Å². The fourth-order valence-electron chi connectivity index (χ4n) is 1.52. The van der Waals surface area contributed by atoms with E-state index in [1.54, 1.807) is 12.4 Å². The average Bonchev–Trinajstić information content (AvgIpc) is 2.40. The zero-order valence-corrected chi connectivity index (χ0v) is 9.87. The summed E-state index contributed by atoms with van der Waals surface area (Å²) in [5.74, 6) is 0.248. The van der Waals surface area contributed by atoms with Gasteiger partial charge in [-0.15, -0.1) is 6.58 Å². The van der Waals surface area contributed by atoms with Crippen molar-refractivity contribution in [2.24, 2.45) is 0 Å². The van der Waals surface area contributed by atoms with Crippen LogP contribution >= 0.6 is 0 Å². The van der Waals surface area contributed by atoms with Gasteiger partial charge in [0, 0.05) is 37.1 Å². The zero-order chi connectivity index (χ0) is 12.1. The van der Waals surface area contributed by atoms with E-state index in [4.69, 9.17) is 0 Å². The summed E-state index contributed by atoms with van der Waals surface area (Å²) in [4.78, 5) is 12.8. The molecule has 2 aromatic heterocycles. The van der Waals surface area contributed by atoms with Crippen molar-refractivity contribution in [2.75, 3.05) is 0 Å². The number of rotatable bonds is 4. The predicted octanol–water partition coefficient (Wildman–Crippen LogP) is 2.75. The summed E-state index contributed by atoms with van der Waals surface area (Å²) in [6.07, 6.45) is 9.89. The van der Waals surface area contributed by atoms with E-state index < -0.39 is 0 Å². The van der Waals surface area contributed by atoms with E-state index in [1.165, 1.54) is 5.56 Å². The Morgan fingerprint density at radius 3 is 2.59 bits per heavy atom. The van der Waals surface area contributed by atoms with Crippen molar-refractivity contribution in [2.45, 2.75) is 19.3 Å². The second-order valence-corrected chi connectivity index (χ2v) is 3.99. The molecule has 2 rings (SSSR count). The molecule has 1 unspecified atom stereocenters. The van der Waals surface area contributed by atoms with Gasteiger partial charge in [0.2, 0.25) is 0 Å². The number of nitrogens with zero attached hydrogens (tertiary/aromatic N) is 3. The van der Waals surface area contributed by atoms with Gasteiger partial charge in [0.05, 0.1) is 11.4 Å². The maximum atomic E-state index is 4.41. The van der Waals surface area contributed by atoms with E-state index in [9.17, 15) is 0 Å². The van der Waals surface area contributed by atoms with E-state index >= 15 is 0 Å². The number of allylic oxidation sites excluding steroid dienone is 1. The molecular formula is C14H15N3. The van der Waals surface area contributed by atoms with Gasteiger partial charge in [-0.25, -0.2) is 0 Å². The first-order chi connectivity index (χ1) is 8.29.